The van der Waals surface area contributed by atoms with Gasteiger partial charge in [0.25, 0.3) is 0 Å². The zero-order chi connectivity index (χ0) is 8.44. The molecular formula is C11H20O. The molecule has 1 N–H and O–H groups in total. The molecule has 0 amide bonds. The zero-order valence-electron chi connectivity index (χ0n) is 7.89. The van der Waals surface area contributed by atoms with Gasteiger partial charge in [-0.2, -0.15) is 0 Å². The second kappa shape index (κ2) is 3.37. The first-order chi connectivity index (χ1) is 5.81. The van der Waals surface area contributed by atoms with Gasteiger partial charge in [0.2, 0.25) is 0 Å². The Morgan fingerprint density at radius 3 is 2.00 bits per heavy atom. The summed E-state index contributed by atoms with van der Waals surface area (Å²) < 4.78 is 0. The van der Waals surface area contributed by atoms with Gasteiger partial charge in [0.05, 0.1) is 5.60 Å². The summed E-state index contributed by atoms with van der Waals surface area (Å²) in [5.74, 6) is 0.647. The summed E-state index contributed by atoms with van der Waals surface area (Å²) in [4.78, 5) is 0. The molecule has 0 aromatic carbocycles. The van der Waals surface area contributed by atoms with Crippen molar-refractivity contribution in [2.24, 2.45) is 5.92 Å². The van der Waals surface area contributed by atoms with Crippen molar-refractivity contribution >= 4 is 0 Å². The summed E-state index contributed by atoms with van der Waals surface area (Å²) >= 11 is 0. The highest BCUT2D eigenvalue weighted by Gasteiger charge is 2.39. The molecule has 0 heterocycles. The molecule has 2 aliphatic carbocycles. The Labute approximate surface area is 75.2 Å². The molecule has 0 aliphatic heterocycles. The first-order valence-electron chi connectivity index (χ1n) is 5.54. The van der Waals surface area contributed by atoms with Crippen LogP contribution in [0.2, 0.25) is 0 Å². The lowest BCUT2D eigenvalue weighted by Crippen LogP contribution is -2.35. The Kier molecular flexibility index (Phi) is 2.40. The third kappa shape index (κ3) is 1.52. The first kappa shape index (κ1) is 8.55. The van der Waals surface area contributed by atoms with Crippen LogP contribution in [0.3, 0.4) is 0 Å². The quantitative estimate of drug-likeness (QED) is 0.638. The van der Waals surface area contributed by atoms with Gasteiger partial charge in [-0.15, -0.1) is 0 Å². The molecule has 0 spiro atoms. The molecule has 12 heavy (non-hydrogen) atoms. The normalized spacial score (nSPS) is 30.8. The van der Waals surface area contributed by atoms with Gasteiger partial charge in [0.15, 0.2) is 0 Å². The molecule has 2 rings (SSSR count). The fourth-order valence-electron chi connectivity index (χ4n) is 3.04. The number of hydrogen-bond acceptors (Lipinski definition) is 1. The maximum Gasteiger partial charge on any atom is 0.0675 e. The number of aliphatic hydroxyl groups is 1. The average Bonchev–Trinajstić information content (AvgIpc) is 2.55. The molecule has 1 nitrogen and oxygen atoms in total. The van der Waals surface area contributed by atoms with Crippen molar-refractivity contribution in [3.8, 4) is 0 Å². The molecule has 0 aromatic rings. The average molecular weight is 168 g/mol. The van der Waals surface area contributed by atoms with E-state index in [1.165, 1.54) is 44.9 Å². The first-order valence-corrected chi connectivity index (χ1v) is 5.54. The molecule has 70 valence electrons. The molecule has 0 saturated heterocycles. The Hall–Kier alpha value is -0.0400. The van der Waals surface area contributed by atoms with E-state index in [4.69, 9.17) is 0 Å². The minimum Gasteiger partial charge on any atom is -0.390 e. The van der Waals surface area contributed by atoms with Crippen LogP contribution < -0.4 is 0 Å². The van der Waals surface area contributed by atoms with E-state index in [1.54, 1.807) is 0 Å². The zero-order valence-corrected chi connectivity index (χ0v) is 7.89. The summed E-state index contributed by atoms with van der Waals surface area (Å²) in [6, 6.07) is 0. The highest BCUT2D eigenvalue weighted by molar-refractivity contribution is 4.91. The minimum atomic E-state index is -0.236. The Bertz CT molecular complexity index is 141. The van der Waals surface area contributed by atoms with Crippen LogP contribution in [-0.2, 0) is 0 Å². The molecule has 0 radical (unpaired) electrons. The Morgan fingerprint density at radius 2 is 1.42 bits per heavy atom. The van der Waals surface area contributed by atoms with E-state index < -0.39 is 0 Å². The van der Waals surface area contributed by atoms with Crippen molar-refractivity contribution in [3.05, 3.63) is 0 Å². The lowest BCUT2D eigenvalue weighted by atomic mass is 9.76. The van der Waals surface area contributed by atoms with E-state index in [-0.39, 0.29) is 5.60 Å². The van der Waals surface area contributed by atoms with Crippen molar-refractivity contribution in [3.63, 3.8) is 0 Å². The molecule has 0 unspecified atom stereocenters. The van der Waals surface area contributed by atoms with Gasteiger partial charge in [0.1, 0.15) is 0 Å². The van der Waals surface area contributed by atoms with Crippen molar-refractivity contribution in [1.82, 2.24) is 0 Å². The van der Waals surface area contributed by atoms with Gasteiger partial charge in [-0.3, -0.25) is 0 Å². The van der Waals surface area contributed by atoms with Crippen LogP contribution in [0, 0.1) is 5.92 Å². The van der Waals surface area contributed by atoms with Crippen molar-refractivity contribution in [1.29, 1.82) is 0 Å². The molecule has 0 bridgehead atoms. The fraction of sp³-hybridized carbons (Fsp3) is 1.00. The fourth-order valence-corrected chi connectivity index (χ4v) is 3.04. The number of hydrogen-bond donors (Lipinski definition) is 1. The third-order valence-electron chi connectivity index (χ3n) is 3.83. The molecule has 2 saturated carbocycles. The standard InChI is InChI=1S/C11H20O/c12-11(8-4-5-9-11)10-6-2-1-3-7-10/h10,12H,1-9H2. The maximum absolute atomic E-state index is 10.3. The van der Waals surface area contributed by atoms with Crippen LogP contribution in [0.15, 0.2) is 0 Å². The van der Waals surface area contributed by atoms with Crippen LogP contribution in [0.1, 0.15) is 57.8 Å². The summed E-state index contributed by atoms with van der Waals surface area (Å²) in [6.45, 7) is 0. The van der Waals surface area contributed by atoms with E-state index in [9.17, 15) is 5.11 Å². The van der Waals surface area contributed by atoms with Gasteiger partial charge in [-0.05, 0) is 31.6 Å². The highest BCUT2D eigenvalue weighted by Crippen LogP contribution is 2.42. The second-order valence-corrected chi connectivity index (χ2v) is 4.65. The van der Waals surface area contributed by atoms with Gasteiger partial charge in [0, 0.05) is 0 Å². The topological polar surface area (TPSA) is 20.2 Å². The minimum absolute atomic E-state index is 0.236. The second-order valence-electron chi connectivity index (χ2n) is 4.65. The number of rotatable bonds is 1. The van der Waals surface area contributed by atoms with Gasteiger partial charge in [-0.1, -0.05) is 32.1 Å². The van der Waals surface area contributed by atoms with Crippen LogP contribution in [0.5, 0.6) is 0 Å². The van der Waals surface area contributed by atoms with Crippen molar-refractivity contribution < 1.29 is 5.11 Å². The van der Waals surface area contributed by atoms with E-state index in [0.29, 0.717) is 5.92 Å². The van der Waals surface area contributed by atoms with Gasteiger partial charge < -0.3 is 5.11 Å². The molecule has 2 fully saturated rings. The largest absolute Gasteiger partial charge is 0.390 e. The summed E-state index contributed by atoms with van der Waals surface area (Å²) in [5, 5.41) is 10.3. The molecule has 0 atom stereocenters. The monoisotopic (exact) mass is 168 g/mol. The smallest absolute Gasteiger partial charge is 0.0675 e. The van der Waals surface area contributed by atoms with E-state index >= 15 is 0 Å². The van der Waals surface area contributed by atoms with Crippen molar-refractivity contribution in [2.45, 2.75) is 63.4 Å². The van der Waals surface area contributed by atoms with Crippen LogP contribution in [0.25, 0.3) is 0 Å². The van der Waals surface area contributed by atoms with Gasteiger partial charge >= 0.3 is 0 Å². The predicted octanol–water partition coefficient (Wildman–Crippen LogP) is 2.87. The summed E-state index contributed by atoms with van der Waals surface area (Å²) in [7, 11) is 0. The summed E-state index contributed by atoms with van der Waals surface area (Å²) in [6.07, 6.45) is 11.4. The van der Waals surface area contributed by atoms with Crippen LogP contribution in [-0.4, -0.2) is 10.7 Å². The Morgan fingerprint density at radius 1 is 0.833 bits per heavy atom. The molecular weight excluding hydrogens is 148 g/mol. The highest BCUT2D eigenvalue weighted by atomic mass is 16.3. The van der Waals surface area contributed by atoms with E-state index in [2.05, 4.69) is 0 Å². The maximum atomic E-state index is 10.3. The molecule has 1 heteroatoms. The van der Waals surface area contributed by atoms with Crippen LogP contribution >= 0.6 is 0 Å². The predicted molar refractivity (Wildman–Crippen MR) is 50.0 cm³/mol. The third-order valence-corrected chi connectivity index (χ3v) is 3.83. The molecule has 2 aliphatic rings. The van der Waals surface area contributed by atoms with Crippen molar-refractivity contribution in [2.75, 3.05) is 0 Å². The van der Waals surface area contributed by atoms with E-state index in [0.717, 1.165) is 12.8 Å². The van der Waals surface area contributed by atoms with Crippen LogP contribution in [0.4, 0.5) is 0 Å². The van der Waals surface area contributed by atoms with Gasteiger partial charge in [-0.25, -0.2) is 0 Å². The van der Waals surface area contributed by atoms with E-state index in [1.807, 2.05) is 0 Å². The molecule has 0 aromatic heterocycles. The lowest BCUT2D eigenvalue weighted by Gasteiger charge is -2.35. The summed E-state index contributed by atoms with van der Waals surface area (Å²) in [5.41, 5.74) is -0.236. The SMILES string of the molecule is OC1(C2CCCCC2)CCCC1. The lowest BCUT2D eigenvalue weighted by molar-refractivity contribution is -0.0267. The Balaban J connectivity index is 1.96.